The summed E-state index contributed by atoms with van der Waals surface area (Å²) in [5.74, 6) is 0. The van der Waals surface area contributed by atoms with E-state index in [0.717, 1.165) is 0 Å². The molecule has 10 heavy (non-hydrogen) atoms. The highest BCUT2D eigenvalue weighted by molar-refractivity contribution is 5.23. The molecule has 0 aliphatic heterocycles. The number of allylic oxidation sites excluding steroid dienone is 3. The summed E-state index contributed by atoms with van der Waals surface area (Å²) in [7, 11) is 0. The molecule has 0 aliphatic rings. The van der Waals surface area contributed by atoms with E-state index < -0.39 is 4.92 Å². The van der Waals surface area contributed by atoms with Crippen LogP contribution in [0.15, 0.2) is 36.6 Å². The van der Waals surface area contributed by atoms with E-state index in [1.807, 2.05) is 0 Å². The Labute approximate surface area is 59.5 Å². The zero-order chi connectivity index (χ0) is 8.15. The van der Waals surface area contributed by atoms with Crippen molar-refractivity contribution in [1.29, 1.82) is 0 Å². The number of nitrogens with zero attached hydrogens (tertiary/aromatic N) is 1. The molecule has 0 unspecified atom stereocenters. The fourth-order valence-electron chi connectivity index (χ4n) is 0.417. The largest absolute Gasteiger partial charge is 0.265 e. The number of nitro groups is 1. The monoisotopic (exact) mass is 139 g/mol. The van der Waals surface area contributed by atoms with Crippen LogP contribution in [0, 0.1) is 10.1 Å². The van der Waals surface area contributed by atoms with Crippen LogP contribution in [0.3, 0.4) is 0 Å². The Morgan fingerprint density at radius 2 is 2.20 bits per heavy atom. The highest BCUT2D eigenvalue weighted by Crippen LogP contribution is 2.05. The molecule has 0 rings (SSSR count). The third-order valence-corrected chi connectivity index (χ3v) is 1.04. The normalized spacial score (nSPS) is 10.7. The second kappa shape index (κ2) is 3.61. The van der Waals surface area contributed by atoms with E-state index in [-0.39, 0.29) is 5.70 Å². The Kier molecular flexibility index (Phi) is 3.11. The van der Waals surface area contributed by atoms with Crippen molar-refractivity contribution < 1.29 is 4.92 Å². The summed E-state index contributed by atoms with van der Waals surface area (Å²) in [6.07, 6.45) is 3.04. The number of hydrogen-bond donors (Lipinski definition) is 0. The van der Waals surface area contributed by atoms with Crippen LogP contribution < -0.4 is 0 Å². The van der Waals surface area contributed by atoms with Crippen LogP contribution in [-0.2, 0) is 0 Å². The highest BCUT2D eigenvalue weighted by Gasteiger charge is 2.06. The molecule has 0 radical (unpaired) electrons. The van der Waals surface area contributed by atoms with Crippen molar-refractivity contribution in [2.24, 2.45) is 0 Å². The molecule has 0 atom stereocenters. The summed E-state index contributed by atoms with van der Waals surface area (Å²) in [6, 6.07) is 0. The van der Waals surface area contributed by atoms with Gasteiger partial charge in [-0.15, -0.1) is 0 Å². The summed E-state index contributed by atoms with van der Waals surface area (Å²) in [4.78, 5) is 9.53. The molecular weight excluding hydrogens is 130 g/mol. The third-order valence-electron chi connectivity index (χ3n) is 1.04. The minimum absolute atomic E-state index is 0.0834. The predicted octanol–water partition coefficient (Wildman–Crippen LogP) is 1.91. The van der Waals surface area contributed by atoms with Crippen LogP contribution in [0.4, 0.5) is 0 Å². The maximum absolute atomic E-state index is 10.0. The smallest absolute Gasteiger partial charge is 0.258 e. The van der Waals surface area contributed by atoms with Gasteiger partial charge in [-0.3, -0.25) is 10.1 Å². The van der Waals surface area contributed by atoms with Crippen LogP contribution in [0.1, 0.15) is 6.92 Å². The molecule has 0 amide bonds. The summed E-state index contributed by atoms with van der Waals surface area (Å²) >= 11 is 0. The zero-order valence-electron chi connectivity index (χ0n) is 5.83. The Hall–Kier alpha value is -1.38. The first kappa shape index (κ1) is 8.62. The molecule has 0 N–H and O–H groups in total. The van der Waals surface area contributed by atoms with Gasteiger partial charge in [-0.1, -0.05) is 18.7 Å². The van der Waals surface area contributed by atoms with Crippen molar-refractivity contribution in [1.82, 2.24) is 0 Å². The fourth-order valence-corrected chi connectivity index (χ4v) is 0.417. The van der Waals surface area contributed by atoms with E-state index in [0.29, 0.717) is 5.57 Å². The zero-order valence-corrected chi connectivity index (χ0v) is 5.83. The molecular formula is C7H9NO2. The van der Waals surface area contributed by atoms with Gasteiger partial charge in [-0.25, -0.2) is 0 Å². The Morgan fingerprint density at radius 1 is 1.70 bits per heavy atom. The summed E-state index contributed by atoms with van der Waals surface area (Å²) < 4.78 is 0. The van der Waals surface area contributed by atoms with Crippen molar-refractivity contribution in [2.45, 2.75) is 6.92 Å². The molecule has 0 saturated heterocycles. The van der Waals surface area contributed by atoms with Gasteiger partial charge >= 0.3 is 0 Å². The van der Waals surface area contributed by atoms with Crippen molar-refractivity contribution in [3.63, 3.8) is 0 Å². The lowest BCUT2D eigenvalue weighted by atomic mass is 10.2. The van der Waals surface area contributed by atoms with Gasteiger partial charge < -0.3 is 0 Å². The van der Waals surface area contributed by atoms with Gasteiger partial charge in [-0.2, -0.15) is 0 Å². The molecule has 0 bridgehead atoms. The van der Waals surface area contributed by atoms with Gasteiger partial charge in [0.2, 0.25) is 0 Å². The molecule has 0 aromatic carbocycles. The summed E-state index contributed by atoms with van der Waals surface area (Å²) in [5, 5.41) is 10.0. The van der Waals surface area contributed by atoms with E-state index in [2.05, 4.69) is 13.2 Å². The molecule has 0 saturated carbocycles. The second-order valence-electron chi connectivity index (χ2n) is 1.79. The maximum Gasteiger partial charge on any atom is 0.265 e. The molecule has 54 valence electrons. The molecule has 0 heterocycles. The SMILES string of the molecule is C=C/C=C(/C)C(=C)[N+](=O)[O-]. The van der Waals surface area contributed by atoms with Crippen LogP contribution in [0.25, 0.3) is 0 Å². The van der Waals surface area contributed by atoms with E-state index in [1.165, 1.54) is 6.08 Å². The first-order valence-corrected chi connectivity index (χ1v) is 2.72. The van der Waals surface area contributed by atoms with Crippen LogP contribution >= 0.6 is 0 Å². The lowest BCUT2D eigenvalue weighted by molar-refractivity contribution is -0.420. The van der Waals surface area contributed by atoms with Crippen molar-refractivity contribution in [2.75, 3.05) is 0 Å². The number of rotatable bonds is 3. The first-order valence-electron chi connectivity index (χ1n) is 2.72. The molecule has 3 heteroatoms. The van der Waals surface area contributed by atoms with Gasteiger partial charge in [0, 0.05) is 5.57 Å². The average Bonchev–Trinajstić information content (AvgIpc) is 1.87. The Balaban J connectivity index is 4.36. The summed E-state index contributed by atoms with van der Waals surface area (Å²) in [5.41, 5.74) is 0.444. The maximum atomic E-state index is 10.0. The number of hydrogen-bond acceptors (Lipinski definition) is 2. The van der Waals surface area contributed by atoms with Crippen molar-refractivity contribution >= 4 is 0 Å². The van der Waals surface area contributed by atoms with Crippen LogP contribution in [-0.4, -0.2) is 4.92 Å². The fraction of sp³-hybridized carbons (Fsp3) is 0.143. The molecule has 0 aromatic rings. The quantitative estimate of drug-likeness (QED) is 0.340. The van der Waals surface area contributed by atoms with Gasteiger partial charge in [0.1, 0.15) is 0 Å². The van der Waals surface area contributed by atoms with Crippen molar-refractivity contribution in [3.8, 4) is 0 Å². The Bertz CT molecular complexity index is 204. The summed E-state index contributed by atoms with van der Waals surface area (Å²) in [6.45, 7) is 8.28. The van der Waals surface area contributed by atoms with E-state index in [9.17, 15) is 10.1 Å². The Morgan fingerprint density at radius 3 is 2.50 bits per heavy atom. The van der Waals surface area contributed by atoms with Gasteiger partial charge in [0.15, 0.2) is 0 Å². The van der Waals surface area contributed by atoms with Gasteiger partial charge in [0.05, 0.1) is 4.92 Å². The topological polar surface area (TPSA) is 43.1 Å². The molecule has 0 fully saturated rings. The minimum atomic E-state index is -0.519. The third kappa shape index (κ3) is 2.26. The standard InChI is InChI=1S/C7H9NO2/c1-4-5-6(2)7(3)8(9)10/h4-5H,1,3H2,2H3/b6-5-. The minimum Gasteiger partial charge on any atom is -0.258 e. The molecule has 0 aliphatic carbocycles. The van der Waals surface area contributed by atoms with Gasteiger partial charge in [0.25, 0.3) is 5.70 Å². The second-order valence-corrected chi connectivity index (χ2v) is 1.79. The predicted molar refractivity (Wildman–Crippen MR) is 40.1 cm³/mol. The van der Waals surface area contributed by atoms with E-state index in [4.69, 9.17) is 0 Å². The highest BCUT2D eigenvalue weighted by atomic mass is 16.6. The lowest BCUT2D eigenvalue weighted by Crippen LogP contribution is -1.97. The lowest BCUT2D eigenvalue weighted by Gasteiger charge is -1.92. The molecule has 3 nitrogen and oxygen atoms in total. The van der Waals surface area contributed by atoms with Crippen LogP contribution in [0.5, 0.6) is 0 Å². The van der Waals surface area contributed by atoms with Crippen LogP contribution in [0.2, 0.25) is 0 Å². The van der Waals surface area contributed by atoms with E-state index in [1.54, 1.807) is 13.0 Å². The average molecular weight is 139 g/mol. The molecule has 0 aromatic heterocycles. The molecule has 0 spiro atoms. The van der Waals surface area contributed by atoms with Crippen molar-refractivity contribution in [3.05, 3.63) is 46.7 Å². The van der Waals surface area contributed by atoms with E-state index >= 15 is 0 Å². The van der Waals surface area contributed by atoms with Gasteiger partial charge in [-0.05, 0) is 13.5 Å². The first-order chi connectivity index (χ1) is 4.59.